The Balaban J connectivity index is 1.83. The molecule has 1 aromatic carbocycles. The van der Waals surface area contributed by atoms with Gasteiger partial charge < -0.3 is 10.4 Å². The number of nitrogens with one attached hydrogen (secondary N) is 1. The first-order valence-electron chi connectivity index (χ1n) is 6.53. The molecule has 0 heterocycles. The van der Waals surface area contributed by atoms with Crippen LogP contribution in [-0.4, -0.2) is 17.7 Å². The van der Waals surface area contributed by atoms with Gasteiger partial charge in [0.15, 0.2) is 0 Å². The predicted octanol–water partition coefficient (Wildman–Crippen LogP) is 2.92. The van der Waals surface area contributed by atoms with Crippen LogP contribution in [0.25, 0.3) is 0 Å². The molecular formula is C14H19F2NO. The molecule has 0 saturated heterocycles. The Morgan fingerprint density at radius 3 is 2.72 bits per heavy atom. The number of benzene rings is 1. The van der Waals surface area contributed by atoms with Crippen LogP contribution in [0, 0.1) is 11.6 Å². The Morgan fingerprint density at radius 2 is 2.00 bits per heavy atom. The van der Waals surface area contributed by atoms with Crippen LogP contribution in [0.2, 0.25) is 0 Å². The third kappa shape index (κ3) is 3.50. The lowest BCUT2D eigenvalue weighted by atomic mass is 10.1. The van der Waals surface area contributed by atoms with Gasteiger partial charge in [0.1, 0.15) is 11.6 Å². The Kier molecular flexibility index (Phi) is 4.66. The van der Waals surface area contributed by atoms with E-state index in [0.717, 1.165) is 18.2 Å². The van der Waals surface area contributed by atoms with Gasteiger partial charge in [-0.2, -0.15) is 0 Å². The SMILES string of the molecule is OC(CCNC1CCCC1)c1cc(F)ccc1F. The van der Waals surface area contributed by atoms with Gasteiger partial charge in [-0.3, -0.25) is 0 Å². The highest BCUT2D eigenvalue weighted by atomic mass is 19.1. The molecule has 0 spiro atoms. The molecular weight excluding hydrogens is 236 g/mol. The Bertz CT molecular complexity index is 391. The summed E-state index contributed by atoms with van der Waals surface area (Å²) in [5, 5.41) is 13.2. The van der Waals surface area contributed by atoms with Crippen LogP contribution in [0.1, 0.15) is 43.8 Å². The molecule has 1 aliphatic carbocycles. The molecule has 2 N–H and O–H groups in total. The summed E-state index contributed by atoms with van der Waals surface area (Å²) >= 11 is 0. The van der Waals surface area contributed by atoms with E-state index in [1.54, 1.807) is 0 Å². The van der Waals surface area contributed by atoms with E-state index in [4.69, 9.17) is 0 Å². The van der Waals surface area contributed by atoms with Crippen molar-refractivity contribution in [2.45, 2.75) is 44.2 Å². The van der Waals surface area contributed by atoms with E-state index in [1.165, 1.54) is 25.7 Å². The topological polar surface area (TPSA) is 32.3 Å². The molecule has 100 valence electrons. The smallest absolute Gasteiger partial charge is 0.129 e. The molecule has 1 aliphatic rings. The van der Waals surface area contributed by atoms with Crippen molar-refractivity contribution in [3.63, 3.8) is 0 Å². The van der Waals surface area contributed by atoms with Gasteiger partial charge in [-0.05, 0) is 44.0 Å². The minimum Gasteiger partial charge on any atom is -0.388 e. The first-order chi connectivity index (χ1) is 8.66. The summed E-state index contributed by atoms with van der Waals surface area (Å²) in [6, 6.07) is 3.70. The third-order valence-electron chi connectivity index (χ3n) is 3.52. The molecule has 1 unspecified atom stereocenters. The summed E-state index contributed by atoms with van der Waals surface area (Å²) < 4.78 is 26.4. The zero-order valence-electron chi connectivity index (χ0n) is 10.3. The molecule has 1 fully saturated rings. The van der Waals surface area contributed by atoms with E-state index < -0.39 is 17.7 Å². The van der Waals surface area contributed by atoms with Crippen molar-refractivity contribution >= 4 is 0 Å². The molecule has 2 rings (SSSR count). The van der Waals surface area contributed by atoms with Gasteiger partial charge in [0.2, 0.25) is 0 Å². The predicted molar refractivity (Wildman–Crippen MR) is 66.2 cm³/mol. The van der Waals surface area contributed by atoms with Crippen molar-refractivity contribution in [1.82, 2.24) is 5.32 Å². The minimum atomic E-state index is -0.949. The average molecular weight is 255 g/mol. The van der Waals surface area contributed by atoms with Crippen LogP contribution in [0.4, 0.5) is 8.78 Å². The first kappa shape index (κ1) is 13.4. The van der Waals surface area contributed by atoms with E-state index in [1.807, 2.05) is 0 Å². The summed E-state index contributed by atoms with van der Waals surface area (Å²) in [5.74, 6) is -1.07. The highest BCUT2D eigenvalue weighted by molar-refractivity contribution is 5.21. The van der Waals surface area contributed by atoms with Crippen LogP contribution in [0.15, 0.2) is 18.2 Å². The summed E-state index contributed by atoms with van der Waals surface area (Å²) in [6.07, 6.45) is 4.29. The second-order valence-corrected chi connectivity index (χ2v) is 4.91. The fraction of sp³-hybridized carbons (Fsp3) is 0.571. The lowest BCUT2D eigenvalue weighted by Crippen LogP contribution is -2.28. The molecule has 18 heavy (non-hydrogen) atoms. The van der Waals surface area contributed by atoms with Crippen molar-refractivity contribution < 1.29 is 13.9 Å². The van der Waals surface area contributed by atoms with Gasteiger partial charge in [-0.1, -0.05) is 12.8 Å². The highest BCUT2D eigenvalue weighted by Crippen LogP contribution is 2.22. The van der Waals surface area contributed by atoms with Gasteiger partial charge >= 0.3 is 0 Å². The fourth-order valence-electron chi connectivity index (χ4n) is 2.48. The lowest BCUT2D eigenvalue weighted by Gasteiger charge is -2.15. The van der Waals surface area contributed by atoms with Crippen molar-refractivity contribution in [1.29, 1.82) is 0 Å². The van der Waals surface area contributed by atoms with Crippen molar-refractivity contribution in [3.8, 4) is 0 Å². The van der Waals surface area contributed by atoms with Gasteiger partial charge in [0.05, 0.1) is 6.10 Å². The van der Waals surface area contributed by atoms with Crippen LogP contribution >= 0.6 is 0 Å². The molecule has 0 bridgehead atoms. The van der Waals surface area contributed by atoms with Gasteiger partial charge in [0, 0.05) is 11.6 Å². The Morgan fingerprint density at radius 1 is 1.28 bits per heavy atom. The fourth-order valence-corrected chi connectivity index (χ4v) is 2.48. The zero-order chi connectivity index (χ0) is 13.0. The monoisotopic (exact) mass is 255 g/mol. The second-order valence-electron chi connectivity index (χ2n) is 4.91. The summed E-state index contributed by atoms with van der Waals surface area (Å²) in [5.41, 5.74) is 0.0446. The average Bonchev–Trinajstić information content (AvgIpc) is 2.85. The molecule has 0 amide bonds. The maximum Gasteiger partial charge on any atom is 0.129 e. The van der Waals surface area contributed by atoms with Gasteiger partial charge in [0.25, 0.3) is 0 Å². The van der Waals surface area contributed by atoms with Gasteiger partial charge in [-0.25, -0.2) is 8.78 Å². The molecule has 0 radical (unpaired) electrons. The molecule has 0 aliphatic heterocycles. The van der Waals surface area contributed by atoms with E-state index in [2.05, 4.69) is 5.32 Å². The molecule has 1 aromatic rings. The van der Waals surface area contributed by atoms with Crippen LogP contribution < -0.4 is 5.32 Å². The lowest BCUT2D eigenvalue weighted by molar-refractivity contribution is 0.160. The molecule has 0 aromatic heterocycles. The number of aliphatic hydroxyl groups is 1. The van der Waals surface area contributed by atoms with E-state index in [-0.39, 0.29) is 5.56 Å². The summed E-state index contributed by atoms with van der Waals surface area (Å²) in [4.78, 5) is 0. The first-order valence-corrected chi connectivity index (χ1v) is 6.53. The maximum atomic E-state index is 13.4. The maximum absolute atomic E-state index is 13.4. The molecule has 2 nitrogen and oxygen atoms in total. The number of hydrogen-bond donors (Lipinski definition) is 2. The standard InChI is InChI=1S/C14H19F2NO/c15-10-5-6-13(16)12(9-10)14(18)7-8-17-11-3-1-2-4-11/h5-6,9,11,14,17-18H,1-4,7-8H2. The summed E-state index contributed by atoms with van der Waals surface area (Å²) in [6.45, 7) is 0.627. The quantitative estimate of drug-likeness (QED) is 0.848. The third-order valence-corrected chi connectivity index (χ3v) is 3.52. The highest BCUT2D eigenvalue weighted by Gasteiger charge is 2.16. The number of rotatable bonds is 5. The Hall–Kier alpha value is -1.00. The van der Waals surface area contributed by atoms with Crippen molar-refractivity contribution in [3.05, 3.63) is 35.4 Å². The van der Waals surface area contributed by atoms with Gasteiger partial charge in [-0.15, -0.1) is 0 Å². The van der Waals surface area contributed by atoms with E-state index in [9.17, 15) is 13.9 Å². The second kappa shape index (κ2) is 6.25. The normalized spacial score (nSPS) is 18.2. The van der Waals surface area contributed by atoms with Crippen LogP contribution in [0.3, 0.4) is 0 Å². The molecule has 4 heteroatoms. The number of aliphatic hydroxyl groups excluding tert-OH is 1. The van der Waals surface area contributed by atoms with E-state index >= 15 is 0 Å². The summed E-state index contributed by atoms with van der Waals surface area (Å²) in [7, 11) is 0. The number of hydrogen-bond acceptors (Lipinski definition) is 2. The zero-order valence-corrected chi connectivity index (χ0v) is 10.3. The van der Waals surface area contributed by atoms with Crippen LogP contribution in [0.5, 0.6) is 0 Å². The minimum absolute atomic E-state index is 0.0446. The Labute approximate surface area is 106 Å². The van der Waals surface area contributed by atoms with Crippen molar-refractivity contribution in [2.24, 2.45) is 0 Å². The number of halogens is 2. The van der Waals surface area contributed by atoms with Crippen LogP contribution in [-0.2, 0) is 0 Å². The van der Waals surface area contributed by atoms with E-state index in [0.29, 0.717) is 19.0 Å². The largest absolute Gasteiger partial charge is 0.388 e. The van der Waals surface area contributed by atoms with Crippen molar-refractivity contribution in [2.75, 3.05) is 6.54 Å². The molecule has 1 atom stereocenters. The molecule has 1 saturated carbocycles.